The van der Waals surface area contributed by atoms with Crippen LogP contribution >= 0.6 is 11.8 Å². The largest absolute Gasteiger partial charge is 0.481 e. The van der Waals surface area contributed by atoms with Gasteiger partial charge >= 0.3 is 5.97 Å². The van der Waals surface area contributed by atoms with Crippen LogP contribution in [0.5, 0.6) is 0 Å². The molecule has 1 unspecified atom stereocenters. The summed E-state index contributed by atoms with van der Waals surface area (Å²) >= 11 is 1.32. The molecule has 104 valence electrons. The van der Waals surface area contributed by atoms with Gasteiger partial charge in [0.1, 0.15) is 6.33 Å². The van der Waals surface area contributed by atoms with Crippen LogP contribution in [0, 0.1) is 5.92 Å². The number of nitrogens with one attached hydrogen (secondary N) is 1. The predicted octanol–water partition coefficient (Wildman–Crippen LogP) is 0.542. The Morgan fingerprint density at radius 2 is 2.37 bits per heavy atom. The van der Waals surface area contributed by atoms with Gasteiger partial charge in [-0.15, -0.1) is 10.2 Å². The number of rotatable bonds is 7. The molecule has 2 rings (SSSR count). The number of carboxylic acid groups (broad SMARTS) is 1. The highest BCUT2D eigenvalue weighted by Gasteiger charge is 2.26. The highest BCUT2D eigenvalue weighted by atomic mass is 32.2. The first-order valence-electron chi connectivity index (χ1n) is 6.09. The summed E-state index contributed by atoms with van der Waals surface area (Å²) in [5.74, 6) is -1.47. The molecule has 1 heterocycles. The lowest BCUT2D eigenvalue weighted by atomic mass is 10.2. The van der Waals surface area contributed by atoms with Gasteiger partial charge in [0.2, 0.25) is 5.91 Å². The normalized spacial score (nSPS) is 16.1. The topological polar surface area (TPSA) is 97.1 Å². The van der Waals surface area contributed by atoms with E-state index in [1.165, 1.54) is 11.8 Å². The SMILES string of the molecule is CC(CNC(=O)CSc1nncn1C1CC1)C(=O)O. The van der Waals surface area contributed by atoms with Gasteiger partial charge in [-0.2, -0.15) is 0 Å². The highest BCUT2D eigenvalue weighted by molar-refractivity contribution is 7.99. The Morgan fingerprint density at radius 1 is 1.63 bits per heavy atom. The van der Waals surface area contributed by atoms with E-state index in [1.807, 2.05) is 4.57 Å². The molecule has 1 aliphatic carbocycles. The zero-order valence-corrected chi connectivity index (χ0v) is 11.4. The van der Waals surface area contributed by atoms with Crippen molar-refractivity contribution >= 4 is 23.6 Å². The van der Waals surface area contributed by atoms with Gasteiger partial charge in [0.05, 0.1) is 11.7 Å². The first-order chi connectivity index (χ1) is 9.08. The van der Waals surface area contributed by atoms with E-state index in [9.17, 15) is 9.59 Å². The van der Waals surface area contributed by atoms with Gasteiger partial charge in [-0.05, 0) is 12.8 Å². The van der Waals surface area contributed by atoms with Gasteiger partial charge < -0.3 is 15.0 Å². The number of carboxylic acids is 1. The molecule has 0 saturated heterocycles. The molecule has 1 saturated carbocycles. The Labute approximate surface area is 114 Å². The monoisotopic (exact) mass is 284 g/mol. The van der Waals surface area contributed by atoms with Gasteiger partial charge in [0.25, 0.3) is 0 Å². The molecule has 8 heteroatoms. The summed E-state index contributed by atoms with van der Waals surface area (Å²) < 4.78 is 1.98. The number of aromatic nitrogens is 3. The summed E-state index contributed by atoms with van der Waals surface area (Å²) in [6, 6.07) is 0.479. The van der Waals surface area contributed by atoms with E-state index in [2.05, 4.69) is 15.5 Å². The van der Waals surface area contributed by atoms with E-state index < -0.39 is 11.9 Å². The molecule has 0 spiro atoms. The minimum absolute atomic E-state index is 0.143. The van der Waals surface area contributed by atoms with Gasteiger partial charge in [0, 0.05) is 12.6 Å². The standard InChI is InChI=1S/C11H16N4O3S/c1-7(10(17)18)4-12-9(16)5-19-11-14-13-6-15(11)8-2-3-8/h6-8H,2-5H2,1H3,(H,12,16)(H,17,18). The van der Waals surface area contributed by atoms with E-state index in [1.54, 1.807) is 13.3 Å². The summed E-state index contributed by atoms with van der Waals surface area (Å²) in [5, 5.41) is 19.8. The highest BCUT2D eigenvalue weighted by Crippen LogP contribution is 2.37. The molecule has 7 nitrogen and oxygen atoms in total. The number of carbonyl (C=O) groups is 2. The van der Waals surface area contributed by atoms with Crippen molar-refractivity contribution in [2.75, 3.05) is 12.3 Å². The zero-order valence-electron chi connectivity index (χ0n) is 10.6. The Balaban J connectivity index is 1.74. The number of hydrogen-bond acceptors (Lipinski definition) is 5. The molecule has 1 fully saturated rings. The Bertz CT molecular complexity index is 472. The predicted molar refractivity (Wildman–Crippen MR) is 68.8 cm³/mol. The van der Waals surface area contributed by atoms with Gasteiger partial charge in [-0.1, -0.05) is 18.7 Å². The zero-order chi connectivity index (χ0) is 13.8. The molecule has 2 N–H and O–H groups in total. The van der Waals surface area contributed by atoms with Crippen LogP contribution in [0.1, 0.15) is 25.8 Å². The third-order valence-corrected chi connectivity index (χ3v) is 3.80. The van der Waals surface area contributed by atoms with Crippen molar-refractivity contribution in [1.29, 1.82) is 0 Å². The third kappa shape index (κ3) is 3.95. The van der Waals surface area contributed by atoms with Crippen molar-refractivity contribution in [3.05, 3.63) is 6.33 Å². The minimum atomic E-state index is -0.915. The Hall–Kier alpha value is -1.57. The van der Waals surface area contributed by atoms with Crippen LogP contribution in [0.3, 0.4) is 0 Å². The van der Waals surface area contributed by atoms with E-state index in [4.69, 9.17) is 5.11 Å². The van der Waals surface area contributed by atoms with Crippen LogP contribution in [0.25, 0.3) is 0 Å². The van der Waals surface area contributed by atoms with E-state index in [-0.39, 0.29) is 18.2 Å². The number of thioether (sulfide) groups is 1. The van der Waals surface area contributed by atoms with Crippen molar-refractivity contribution in [2.24, 2.45) is 5.92 Å². The van der Waals surface area contributed by atoms with Gasteiger partial charge in [-0.25, -0.2) is 0 Å². The van der Waals surface area contributed by atoms with Gasteiger partial charge in [-0.3, -0.25) is 9.59 Å². The number of nitrogens with zero attached hydrogens (tertiary/aromatic N) is 3. The van der Waals surface area contributed by atoms with Crippen molar-refractivity contribution in [1.82, 2.24) is 20.1 Å². The first-order valence-corrected chi connectivity index (χ1v) is 7.08. The molecule has 0 radical (unpaired) electrons. The molecule has 1 atom stereocenters. The lowest BCUT2D eigenvalue weighted by Crippen LogP contribution is -2.32. The fourth-order valence-corrected chi connectivity index (χ4v) is 2.29. The van der Waals surface area contributed by atoms with Crippen LogP contribution in [0.15, 0.2) is 11.5 Å². The van der Waals surface area contributed by atoms with Crippen LogP contribution < -0.4 is 5.32 Å². The molecule has 1 aromatic rings. The number of amides is 1. The maximum atomic E-state index is 11.6. The molecule has 0 aliphatic heterocycles. The quantitative estimate of drug-likeness (QED) is 0.709. The van der Waals surface area contributed by atoms with Crippen molar-refractivity contribution in [2.45, 2.75) is 31.0 Å². The lowest BCUT2D eigenvalue weighted by molar-refractivity contribution is -0.141. The smallest absolute Gasteiger partial charge is 0.308 e. The van der Waals surface area contributed by atoms with Crippen LogP contribution in [-0.2, 0) is 9.59 Å². The number of hydrogen-bond donors (Lipinski definition) is 2. The van der Waals surface area contributed by atoms with Crippen LogP contribution in [0.4, 0.5) is 0 Å². The molecule has 19 heavy (non-hydrogen) atoms. The van der Waals surface area contributed by atoms with Gasteiger partial charge in [0.15, 0.2) is 5.16 Å². The molecule has 0 aromatic carbocycles. The van der Waals surface area contributed by atoms with E-state index in [0.717, 1.165) is 18.0 Å². The molecular weight excluding hydrogens is 268 g/mol. The summed E-state index contributed by atoms with van der Waals surface area (Å²) in [5.41, 5.74) is 0. The second-order valence-corrected chi connectivity index (χ2v) is 5.53. The van der Waals surface area contributed by atoms with Crippen molar-refractivity contribution in [3.8, 4) is 0 Å². The van der Waals surface area contributed by atoms with Crippen LogP contribution in [0.2, 0.25) is 0 Å². The van der Waals surface area contributed by atoms with Crippen LogP contribution in [-0.4, -0.2) is 44.0 Å². The fraction of sp³-hybridized carbons (Fsp3) is 0.636. The maximum Gasteiger partial charge on any atom is 0.308 e. The summed E-state index contributed by atoms with van der Waals surface area (Å²) in [7, 11) is 0. The summed E-state index contributed by atoms with van der Waals surface area (Å²) in [4.78, 5) is 22.2. The van der Waals surface area contributed by atoms with E-state index >= 15 is 0 Å². The molecular formula is C11H16N4O3S. The second kappa shape index (κ2) is 6.05. The maximum absolute atomic E-state index is 11.6. The number of aliphatic carboxylic acids is 1. The molecule has 1 aromatic heterocycles. The molecule has 0 bridgehead atoms. The average Bonchev–Trinajstić information content (AvgIpc) is 3.12. The summed E-state index contributed by atoms with van der Waals surface area (Å²) in [6.07, 6.45) is 3.95. The Morgan fingerprint density at radius 3 is 3.00 bits per heavy atom. The average molecular weight is 284 g/mol. The molecule has 1 amide bonds. The van der Waals surface area contributed by atoms with Crippen molar-refractivity contribution < 1.29 is 14.7 Å². The lowest BCUT2D eigenvalue weighted by Gasteiger charge is -2.08. The van der Waals surface area contributed by atoms with E-state index in [0.29, 0.717) is 6.04 Å². The molecule has 1 aliphatic rings. The second-order valence-electron chi connectivity index (χ2n) is 4.58. The first kappa shape index (κ1) is 13.9. The summed E-state index contributed by atoms with van der Waals surface area (Å²) in [6.45, 7) is 1.70. The fourth-order valence-electron chi connectivity index (χ4n) is 1.47. The van der Waals surface area contributed by atoms with Crippen molar-refractivity contribution in [3.63, 3.8) is 0 Å². The number of carbonyl (C=O) groups excluding carboxylic acids is 1. The minimum Gasteiger partial charge on any atom is -0.481 e. The Kier molecular flexibility index (Phi) is 4.41. The third-order valence-electron chi connectivity index (χ3n) is 2.84.